The Hall–Kier alpha value is -0.610. The number of hydrogen-bond acceptors (Lipinski definition) is 3. The average molecular weight is 214 g/mol. The maximum Gasteiger partial charge on any atom is 0.245 e. The van der Waals surface area contributed by atoms with Crippen LogP contribution in [-0.2, 0) is 9.53 Å². The second-order valence-corrected chi connectivity index (χ2v) is 4.86. The maximum atomic E-state index is 12.1. The van der Waals surface area contributed by atoms with E-state index in [0.29, 0.717) is 25.6 Å². The van der Waals surface area contributed by atoms with Gasteiger partial charge in [0.2, 0.25) is 5.91 Å². The predicted octanol–water partition coefficient (Wildman–Crippen LogP) is 0.607. The number of nitrogens with zero attached hydrogens (tertiary/aromatic N) is 1. The molecule has 0 radical (unpaired) electrons. The van der Waals surface area contributed by atoms with Crippen molar-refractivity contribution in [3.8, 4) is 0 Å². The second-order valence-electron chi connectivity index (χ2n) is 4.86. The molecule has 1 amide bonds. The Labute approximate surface area is 91.8 Å². The maximum absolute atomic E-state index is 12.1. The van der Waals surface area contributed by atoms with Crippen molar-refractivity contribution in [3.05, 3.63) is 0 Å². The highest BCUT2D eigenvalue weighted by atomic mass is 16.5. The van der Waals surface area contributed by atoms with Crippen molar-refractivity contribution in [2.24, 2.45) is 11.7 Å². The Bertz CT molecular complexity index is 235. The zero-order valence-corrected chi connectivity index (χ0v) is 10.1. The van der Waals surface area contributed by atoms with Gasteiger partial charge in [-0.05, 0) is 19.3 Å². The molecule has 2 N–H and O–H groups in total. The zero-order chi connectivity index (χ0) is 11.6. The summed E-state index contributed by atoms with van der Waals surface area (Å²) < 4.78 is 5.20. The van der Waals surface area contributed by atoms with E-state index in [0.717, 1.165) is 0 Å². The molecule has 0 saturated carbocycles. The largest absolute Gasteiger partial charge is 0.379 e. The molecule has 1 heterocycles. The lowest BCUT2D eigenvalue weighted by Gasteiger charge is -2.33. The fraction of sp³-hybridized carbons (Fsp3) is 0.909. The summed E-state index contributed by atoms with van der Waals surface area (Å²) in [5.74, 6) is 0.436. The van der Waals surface area contributed by atoms with Crippen molar-refractivity contribution in [1.82, 2.24) is 4.90 Å². The molecule has 0 aromatic heterocycles. The van der Waals surface area contributed by atoms with Crippen molar-refractivity contribution in [1.29, 1.82) is 0 Å². The van der Waals surface area contributed by atoms with Gasteiger partial charge in [0.05, 0.1) is 6.61 Å². The van der Waals surface area contributed by atoms with Crippen LogP contribution in [0.2, 0.25) is 0 Å². The van der Waals surface area contributed by atoms with E-state index >= 15 is 0 Å². The standard InChI is InChI=1S/C11H22N2O2/c1-8(2)9(3)13(4)10(14)11(12)5-6-15-7-11/h8-9H,5-7,12H2,1-4H3. The number of rotatable bonds is 3. The Balaban J connectivity index is 2.67. The molecule has 0 aliphatic carbocycles. The molecular formula is C11H22N2O2. The van der Waals surface area contributed by atoms with Crippen LogP contribution in [0.4, 0.5) is 0 Å². The highest BCUT2D eigenvalue weighted by Crippen LogP contribution is 2.20. The van der Waals surface area contributed by atoms with E-state index in [1.807, 2.05) is 14.0 Å². The van der Waals surface area contributed by atoms with E-state index in [-0.39, 0.29) is 11.9 Å². The number of likely N-dealkylation sites (N-methyl/N-ethyl adjacent to an activating group) is 1. The molecule has 0 bridgehead atoms. The fourth-order valence-corrected chi connectivity index (χ4v) is 1.73. The minimum Gasteiger partial charge on any atom is -0.379 e. The summed E-state index contributed by atoms with van der Waals surface area (Å²) in [4.78, 5) is 13.9. The molecule has 1 rings (SSSR count). The number of ether oxygens (including phenoxy) is 1. The molecule has 1 fully saturated rings. The van der Waals surface area contributed by atoms with Gasteiger partial charge < -0.3 is 15.4 Å². The van der Waals surface area contributed by atoms with Crippen LogP contribution in [0.25, 0.3) is 0 Å². The van der Waals surface area contributed by atoms with Gasteiger partial charge in [0.15, 0.2) is 0 Å². The third-order valence-corrected chi connectivity index (χ3v) is 3.37. The molecule has 4 nitrogen and oxygen atoms in total. The monoisotopic (exact) mass is 214 g/mol. The highest BCUT2D eigenvalue weighted by Gasteiger charge is 2.41. The zero-order valence-electron chi connectivity index (χ0n) is 10.1. The number of amides is 1. The van der Waals surface area contributed by atoms with Crippen LogP contribution in [0.5, 0.6) is 0 Å². The van der Waals surface area contributed by atoms with E-state index in [9.17, 15) is 4.79 Å². The number of hydrogen-bond donors (Lipinski definition) is 1. The SMILES string of the molecule is CC(C)C(C)N(C)C(=O)C1(N)CCOC1. The van der Waals surface area contributed by atoms with Crippen LogP contribution in [-0.4, -0.2) is 42.6 Å². The molecule has 88 valence electrons. The van der Waals surface area contributed by atoms with Gasteiger partial charge in [0.25, 0.3) is 0 Å². The molecule has 4 heteroatoms. The minimum atomic E-state index is -0.794. The van der Waals surface area contributed by atoms with Crippen molar-refractivity contribution in [2.45, 2.75) is 38.8 Å². The molecule has 2 unspecified atom stereocenters. The van der Waals surface area contributed by atoms with Gasteiger partial charge in [0, 0.05) is 19.7 Å². The molecule has 0 aromatic rings. The van der Waals surface area contributed by atoms with E-state index < -0.39 is 5.54 Å². The second kappa shape index (κ2) is 4.49. The first kappa shape index (κ1) is 12.5. The van der Waals surface area contributed by atoms with Gasteiger partial charge in [-0.25, -0.2) is 0 Å². The predicted molar refractivity (Wildman–Crippen MR) is 59.4 cm³/mol. The van der Waals surface area contributed by atoms with Gasteiger partial charge in [0.1, 0.15) is 5.54 Å². The Morgan fingerprint density at radius 1 is 1.47 bits per heavy atom. The molecular weight excluding hydrogens is 192 g/mol. The number of carbonyl (C=O) groups is 1. The molecule has 2 atom stereocenters. The van der Waals surface area contributed by atoms with Gasteiger partial charge in [-0.2, -0.15) is 0 Å². The molecule has 0 aromatic carbocycles. The molecule has 1 saturated heterocycles. The van der Waals surface area contributed by atoms with E-state index in [1.165, 1.54) is 0 Å². The highest BCUT2D eigenvalue weighted by molar-refractivity contribution is 5.86. The van der Waals surface area contributed by atoms with Gasteiger partial charge in [-0.1, -0.05) is 13.8 Å². The summed E-state index contributed by atoms with van der Waals surface area (Å²) in [5, 5.41) is 0. The van der Waals surface area contributed by atoms with Crippen LogP contribution in [0.1, 0.15) is 27.2 Å². The first-order valence-electron chi connectivity index (χ1n) is 5.52. The lowest BCUT2D eigenvalue weighted by atomic mass is 9.96. The van der Waals surface area contributed by atoms with E-state index in [1.54, 1.807) is 4.90 Å². The molecule has 1 aliphatic rings. The Morgan fingerprint density at radius 2 is 2.07 bits per heavy atom. The van der Waals surface area contributed by atoms with Crippen molar-refractivity contribution < 1.29 is 9.53 Å². The van der Waals surface area contributed by atoms with Crippen LogP contribution in [0, 0.1) is 5.92 Å². The van der Waals surface area contributed by atoms with Crippen LogP contribution in [0.15, 0.2) is 0 Å². The lowest BCUT2D eigenvalue weighted by molar-refractivity contribution is -0.138. The van der Waals surface area contributed by atoms with Gasteiger partial charge in [-0.3, -0.25) is 4.79 Å². The molecule has 15 heavy (non-hydrogen) atoms. The van der Waals surface area contributed by atoms with E-state index in [4.69, 9.17) is 10.5 Å². The van der Waals surface area contributed by atoms with Crippen molar-refractivity contribution >= 4 is 5.91 Å². The van der Waals surface area contributed by atoms with Crippen LogP contribution >= 0.6 is 0 Å². The minimum absolute atomic E-state index is 0.00111. The molecule has 1 aliphatic heterocycles. The topological polar surface area (TPSA) is 55.6 Å². The van der Waals surface area contributed by atoms with Crippen molar-refractivity contribution in [3.63, 3.8) is 0 Å². The summed E-state index contributed by atoms with van der Waals surface area (Å²) in [6, 6.07) is 0.207. The Morgan fingerprint density at radius 3 is 2.47 bits per heavy atom. The summed E-state index contributed by atoms with van der Waals surface area (Å²) in [6.45, 7) is 7.18. The number of carbonyl (C=O) groups excluding carboxylic acids is 1. The van der Waals surface area contributed by atoms with Crippen LogP contribution in [0.3, 0.4) is 0 Å². The Kier molecular flexibility index (Phi) is 3.73. The number of nitrogens with two attached hydrogens (primary N) is 1. The smallest absolute Gasteiger partial charge is 0.245 e. The van der Waals surface area contributed by atoms with Gasteiger partial charge >= 0.3 is 0 Å². The summed E-state index contributed by atoms with van der Waals surface area (Å²) >= 11 is 0. The quantitative estimate of drug-likeness (QED) is 0.749. The van der Waals surface area contributed by atoms with Gasteiger partial charge in [-0.15, -0.1) is 0 Å². The fourth-order valence-electron chi connectivity index (χ4n) is 1.73. The van der Waals surface area contributed by atoms with E-state index in [2.05, 4.69) is 13.8 Å². The third-order valence-electron chi connectivity index (χ3n) is 3.37. The normalized spacial score (nSPS) is 28.1. The summed E-state index contributed by atoms with van der Waals surface area (Å²) in [6.07, 6.45) is 0.626. The summed E-state index contributed by atoms with van der Waals surface area (Å²) in [7, 11) is 1.82. The first-order valence-corrected chi connectivity index (χ1v) is 5.52. The third kappa shape index (κ3) is 2.49. The summed E-state index contributed by atoms with van der Waals surface area (Å²) in [5.41, 5.74) is 5.23. The van der Waals surface area contributed by atoms with Crippen molar-refractivity contribution in [2.75, 3.05) is 20.3 Å². The average Bonchev–Trinajstić information content (AvgIpc) is 2.62. The molecule has 0 spiro atoms. The first-order chi connectivity index (χ1) is 6.88. The van der Waals surface area contributed by atoms with Crippen LogP contribution < -0.4 is 5.73 Å². The lowest BCUT2D eigenvalue weighted by Crippen LogP contribution is -2.57.